The molecule has 12 nitrogen and oxygen atoms in total. The number of aliphatic hydroxyl groups excluding tert-OH is 3. The Morgan fingerprint density at radius 2 is 1.03 bits per heavy atom. The van der Waals surface area contributed by atoms with Gasteiger partial charge >= 0.3 is 11.9 Å². The Morgan fingerprint density at radius 3 is 1.57 bits per heavy atom. The SMILES string of the molecule is CCCCCC/C=C/C=C/CCCCCCCC(=O)OC[C@H](CO[C@H]1O[C@H](CS(=O)(=O)O)[C@@H](O)C(O)C1O)OC(=O)CCCCC/C=C/CCCCCCCCCC. The van der Waals surface area contributed by atoms with Crippen LogP contribution in [-0.2, 0) is 38.7 Å². The third-order valence-electron chi connectivity index (χ3n) is 10.2. The van der Waals surface area contributed by atoms with Crippen LogP contribution in [0.2, 0.25) is 0 Å². The lowest BCUT2D eigenvalue weighted by Crippen LogP contribution is -2.60. The smallest absolute Gasteiger partial charge is 0.306 e. The first-order valence-corrected chi connectivity index (χ1v) is 24.2. The second kappa shape index (κ2) is 35.6. The van der Waals surface area contributed by atoms with Crippen LogP contribution in [0.4, 0.5) is 0 Å². The van der Waals surface area contributed by atoms with E-state index in [0.29, 0.717) is 12.8 Å². The Hall–Kier alpha value is -2.13. The lowest BCUT2D eigenvalue weighted by atomic mass is 10.00. The normalized spacial score (nSPS) is 20.7. The van der Waals surface area contributed by atoms with Gasteiger partial charge in [0.05, 0.1) is 6.61 Å². The second-order valence-electron chi connectivity index (χ2n) is 15.7. The highest BCUT2D eigenvalue weighted by Gasteiger charge is 2.46. The minimum atomic E-state index is -4.60. The predicted molar refractivity (Wildman–Crippen MR) is 229 cm³/mol. The van der Waals surface area contributed by atoms with Gasteiger partial charge in [-0.15, -0.1) is 0 Å². The molecule has 6 atom stereocenters. The van der Waals surface area contributed by atoms with Crippen molar-refractivity contribution < 1.29 is 56.8 Å². The third-order valence-corrected chi connectivity index (χ3v) is 11.0. The Labute approximate surface area is 351 Å². The van der Waals surface area contributed by atoms with E-state index >= 15 is 0 Å². The molecule has 0 aliphatic carbocycles. The molecule has 0 aromatic heterocycles. The van der Waals surface area contributed by atoms with Crippen molar-refractivity contribution in [2.24, 2.45) is 0 Å². The van der Waals surface area contributed by atoms with E-state index < -0.39 is 71.2 Å². The molecule has 1 fully saturated rings. The summed E-state index contributed by atoms with van der Waals surface area (Å²) in [5.41, 5.74) is 0. The lowest BCUT2D eigenvalue weighted by molar-refractivity contribution is -0.297. The first kappa shape index (κ1) is 53.9. The van der Waals surface area contributed by atoms with Crippen molar-refractivity contribution in [3.8, 4) is 0 Å². The summed E-state index contributed by atoms with van der Waals surface area (Å²) in [6.45, 7) is 3.71. The molecule has 0 bridgehead atoms. The number of ether oxygens (including phenoxy) is 4. The molecule has 2 unspecified atom stereocenters. The largest absolute Gasteiger partial charge is 0.462 e. The van der Waals surface area contributed by atoms with Gasteiger partial charge in [0.1, 0.15) is 36.8 Å². The van der Waals surface area contributed by atoms with E-state index in [0.717, 1.165) is 64.2 Å². The summed E-state index contributed by atoms with van der Waals surface area (Å²) in [6.07, 6.45) is 30.4. The molecule has 0 amide bonds. The molecule has 0 aromatic rings. The van der Waals surface area contributed by atoms with Gasteiger partial charge in [0, 0.05) is 12.8 Å². The maximum atomic E-state index is 12.8. The monoisotopic (exact) mass is 845 g/mol. The summed E-state index contributed by atoms with van der Waals surface area (Å²) < 4.78 is 54.0. The van der Waals surface area contributed by atoms with Gasteiger partial charge in [-0.3, -0.25) is 14.1 Å². The minimum absolute atomic E-state index is 0.141. The summed E-state index contributed by atoms with van der Waals surface area (Å²) >= 11 is 0. The summed E-state index contributed by atoms with van der Waals surface area (Å²) in [6, 6.07) is 0. The molecule has 1 aliphatic heterocycles. The topological polar surface area (TPSA) is 186 Å². The molecular weight excluding hydrogens is 765 g/mol. The number of allylic oxidation sites excluding steroid dienone is 6. The Bertz CT molecular complexity index is 1220. The molecular formula is C45H80O12S. The van der Waals surface area contributed by atoms with Crippen LogP contribution in [0.3, 0.4) is 0 Å². The number of esters is 2. The second-order valence-corrected chi connectivity index (χ2v) is 17.2. The highest BCUT2D eigenvalue weighted by Crippen LogP contribution is 2.24. The molecule has 1 heterocycles. The molecule has 13 heteroatoms. The molecule has 0 saturated carbocycles. The van der Waals surface area contributed by atoms with E-state index in [1.54, 1.807) is 0 Å². The summed E-state index contributed by atoms with van der Waals surface area (Å²) in [4.78, 5) is 25.4. The van der Waals surface area contributed by atoms with Gasteiger partial charge in [-0.1, -0.05) is 140 Å². The number of carbonyl (C=O) groups is 2. The van der Waals surface area contributed by atoms with Gasteiger partial charge in [-0.2, -0.15) is 8.42 Å². The van der Waals surface area contributed by atoms with Crippen LogP contribution in [0, 0.1) is 0 Å². The first-order chi connectivity index (χ1) is 28.0. The molecule has 0 aromatic carbocycles. The zero-order chi connectivity index (χ0) is 42.7. The van der Waals surface area contributed by atoms with Crippen LogP contribution in [0.5, 0.6) is 0 Å². The summed E-state index contributed by atoms with van der Waals surface area (Å²) in [5.74, 6) is -2.02. The molecule has 4 N–H and O–H groups in total. The molecule has 1 saturated heterocycles. The van der Waals surface area contributed by atoms with Gasteiger partial charge in [-0.25, -0.2) is 0 Å². The van der Waals surface area contributed by atoms with Crippen LogP contribution >= 0.6 is 0 Å². The van der Waals surface area contributed by atoms with Crippen LogP contribution in [0.15, 0.2) is 36.5 Å². The van der Waals surface area contributed by atoms with Gasteiger partial charge in [0.2, 0.25) is 0 Å². The van der Waals surface area contributed by atoms with E-state index in [-0.39, 0.29) is 19.4 Å². The van der Waals surface area contributed by atoms with E-state index in [1.807, 2.05) is 0 Å². The molecule has 58 heavy (non-hydrogen) atoms. The first-order valence-electron chi connectivity index (χ1n) is 22.6. The van der Waals surface area contributed by atoms with Crippen molar-refractivity contribution in [2.45, 2.75) is 218 Å². The van der Waals surface area contributed by atoms with Crippen molar-refractivity contribution in [3.63, 3.8) is 0 Å². The average molecular weight is 845 g/mol. The predicted octanol–water partition coefficient (Wildman–Crippen LogP) is 9.00. The van der Waals surface area contributed by atoms with Crippen LogP contribution < -0.4 is 0 Å². The van der Waals surface area contributed by atoms with Gasteiger partial charge in [-0.05, 0) is 64.2 Å². The van der Waals surface area contributed by atoms with Crippen molar-refractivity contribution in [2.75, 3.05) is 19.0 Å². The average Bonchev–Trinajstić information content (AvgIpc) is 3.18. The Balaban J connectivity index is 2.48. The quantitative estimate of drug-likeness (QED) is 0.0153. The summed E-state index contributed by atoms with van der Waals surface area (Å²) in [7, 11) is -4.60. The van der Waals surface area contributed by atoms with Crippen LogP contribution in [0.25, 0.3) is 0 Å². The van der Waals surface area contributed by atoms with Gasteiger partial charge in [0.25, 0.3) is 10.1 Å². The van der Waals surface area contributed by atoms with Crippen molar-refractivity contribution in [3.05, 3.63) is 36.5 Å². The fourth-order valence-corrected chi connectivity index (χ4v) is 7.35. The number of carbonyl (C=O) groups excluding carboxylic acids is 2. The zero-order valence-electron chi connectivity index (χ0n) is 35.9. The highest BCUT2D eigenvalue weighted by atomic mass is 32.2. The number of aliphatic hydroxyl groups is 3. The lowest BCUT2D eigenvalue weighted by Gasteiger charge is -2.40. The van der Waals surface area contributed by atoms with E-state index in [1.165, 1.54) is 77.0 Å². The van der Waals surface area contributed by atoms with Crippen LogP contribution in [-0.4, -0.2) is 96.0 Å². The van der Waals surface area contributed by atoms with Crippen molar-refractivity contribution in [1.29, 1.82) is 0 Å². The zero-order valence-corrected chi connectivity index (χ0v) is 36.7. The molecule has 1 aliphatic rings. The molecule has 0 radical (unpaired) electrons. The standard InChI is InChI=1S/C45H80O12S/c1-3-5-7-9-11-13-15-17-19-21-23-25-27-29-31-33-40(46)54-35-38(36-55-45-44(50)43(49)42(48)39(57-45)37-58(51,52)53)56-41(47)34-32-30-28-26-24-22-20-18-16-14-12-10-8-6-4-2/h13,15,17,19,22,24,38-39,42-45,48-50H,3-12,14,16,18,20-21,23,25-37H2,1-2H3,(H,51,52,53)/b15-13+,19-17+,24-22+/t38-,39-,42-,43?,44?,45+/m1/s1. The number of hydrogen-bond donors (Lipinski definition) is 4. The highest BCUT2D eigenvalue weighted by molar-refractivity contribution is 7.85. The number of hydrogen-bond acceptors (Lipinski definition) is 11. The molecule has 0 spiro atoms. The fourth-order valence-electron chi connectivity index (χ4n) is 6.66. The number of unbranched alkanes of at least 4 members (excludes halogenated alkanes) is 20. The Kier molecular flexibility index (Phi) is 33.1. The third kappa shape index (κ3) is 30.0. The minimum Gasteiger partial charge on any atom is -0.462 e. The molecule has 1 rings (SSSR count). The van der Waals surface area contributed by atoms with E-state index in [9.17, 15) is 37.9 Å². The van der Waals surface area contributed by atoms with Crippen LogP contribution in [0.1, 0.15) is 181 Å². The number of rotatable bonds is 37. The fraction of sp³-hybridized carbons (Fsp3) is 0.822. The maximum Gasteiger partial charge on any atom is 0.306 e. The Morgan fingerprint density at radius 1 is 0.586 bits per heavy atom. The van der Waals surface area contributed by atoms with Crippen molar-refractivity contribution >= 4 is 22.1 Å². The van der Waals surface area contributed by atoms with Crippen molar-refractivity contribution in [1.82, 2.24) is 0 Å². The maximum absolute atomic E-state index is 12.8. The van der Waals surface area contributed by atoms with Gasteiger partial charge < -0.3 is 34.3 Å². The van der Waals surface area contributed by atoms with E-state index in [4.69, 9.17) is 18.9 Å². The summed E-state index contributed by atoms with van der Waals surface area (Å²) in [5, 5.41) is 30.9. The van der Waals surface area contributed by atoms with Gasteiger partial charge in [0.15, 0.2) is 12.4 Å². The van der Waals surface area contributed by atoms with E-state index in [2.05, 4.69) is 50.3 Å². The molecule has 338 valence electrons.